The Labute approximate surface area is 135 Å². The Kier molecular flexibility index (Phi) is 6.47. The number of rotatable bonds is 5. The third kappa shape index (κ3) is 3.22. The number of hydrogen-bond acceptors (Lipinski definition) is 3. The van der Waals surface area contributed by atoms with Gasteiger partial charge < -0.3 is 24.8 Å². The molecule has 1 heterocycles. The molecule has 1 fully saturated rings. The second kappa shape index (κ2) is 7.18. The maximum Gasteiger partial charge on any atom is -1.00 e. The van der Waals surface area contributed by atoms with Crippen molar-refractivity contribution in [2.45, 2.75) is 0 Å². The van der Waals surface area contributed by atoms with Crippen molar-refractivity contribution in [3.05, 3.63) is 43.6 Å². The topological polar surface area (TPSA) is 46.5 Å². The molecule has 7 heteroatoms. The minimum absolute atomic E-state index is 0. The van der Waals surface area contributed by atoms with E-state index in [1.807, 2.05) is 6.08 Å². The Hall–Kier alpha value is 0.0612. The quantitative estimate of drug-likeness (QED) is 0.396. The van der Waals surface area contributed by atoms with Crippen LogP contribution in [0.25, 0.3) is 0 Å². The van der Waals surface area contributed by atoms with E-state index in [1.165, 1.54) is 19.8 Å². The molecule has 0 aromatic carbocycles. The van der Waals surface area contributed by atoms with Crippen molar-refractivity contribution in [3.63, 3.8) is 0 Å². The molecule has 1 N–H and O–H groups in total. The first-order valence-corrected chi connectivity index (χ1v) is 8.95. The summed E-state index contributed by atoms with van der Waals surface area (Å²) in [5.74, 6) is 0.192. The fourth-order valence-electron chi connectivity index (χ4n) is 2.29. The van der Waals surface area contributed by atoms with Crippen LogP contribution in [0.15, 0.2) is 43.6 Å². The number of ketones is 1. The number of hydrogen-bond donors (Lipinski definition) is 1. The molecule has 100 valence electrons. The fourth-order valence-corrected chi connectivity index (χ4v) is 6.82. The van der Waals surface area contributed by atoms with Crippen molar-refractivity contribution < 1.29 is 58.6 Å². The maximum atomic E-state index is 11.8. The number of aliphatic hydroxyl groups is 1. The number of fused-ring (bicyclic) bond motifs is 2. The zero-order valence-electron chi connectivity index (χ0n) is 10.1. The second-order valence-electron chi connectivity index (χ2n) is 4.14. The van der Waals surface area contributed by atoms with E-state index in [2.05, 4.69) is 6.08 Å². The molecule has 0 saturated carbocycles. The summed E-state index contributed by atoms with van der Waals surface area (Å²) < 4.78 is 6.81. The van der Waals surface area contributed by atoms with Crippen LogP contribution in [0.3, 0.4) is 0 Å². The zero-order chi connectivity index (χ0) is 11.8. The summed E-state index contributed by atoms with van der Waals surface area (Å²) in [4.78, 5) is 12.5. The van der Waals surface area contributed by atoms with Crippen LogP contribution in [0.4, 0.5) is 0 Å². The van der Waals surface area contributed by atoms with Crippen LogP contribution < -0.4 is 24.8 Å². The first-order valence-electron chi connectivity index (χ1n) is 5.65. The third-order valence-electron chi connectivity index (χ3n) is 3.08. The Balaban J connectivity index is 0.000000902. The minimum atomic E-state index is -0.311. The van der Waals surface area contributed by atoms with Gasteiger partial charge in [-0.25, -0.2) is 0 Å². The van der Waals surface area contributed by atoms with Gasteiger partial charge in [0.15, 0.2) is 0 Å². The number of carbonyl (C=O) groups is 1. The summed E-state index contributed by atoms with van der Waals surface area (Å²) in [6, 6.07) is 0. The molecule has 3 nitrogen and oxygen atoms in total. The molecule has 2 aliphatic carbocycles. The van der Waals surface area contributed by atoms with Crippen LogP contribution in [0.5, 0.6) is 0 Å². The van der Waals surface area contributed by atoms with Gasteiger partial charge in [-0.15, -0.1) is 0 Å². The van der Waals surface area contributed by atoms with E-state index in [1.54, 1.807) is 6.08 Å². The summed E-state index contributed by atoms with van der Waals surface area (Å²) in [6.07, 6.45) is 5.60. The molecular formula is C12H12Cl2O3SiTi. The van der Waals surface area contributed by atoms with E-state index in [0.29, 0.717) is 6.61 Å². The number of carbonyl (C=O) groups excluding carboxylic acids is 1. The van der Waals surface area contributed by atoms with E-state index in [0.717, 1.165) is 10.5 Å². The number of halogens is 2. The molecule has 0 atom stereocenters. The van der Waals surface area contributed by atoms with E-state index in [9.17, 15) is 4.79 Å². The van der Waals surface area contributed by atoms with Crippen molar-refractivity contribution in [1.29, 1.82) is 0 Å². The van der Waals surface area contributed by atoms with Crippen LogP contribution in [0, 0.1) is 0 Å². The van der Waals surface area contributed by atoms with Crippen molar-refractivity contribution in [2.75, 3.05) is 18.1 Å². The largest absolute Gasteiger partial charge is 1.00 e. The molecule has 3 rings (SSSR count). The summed E-state index contributed by atoms with van der Waals surface area (Å²) in [6.45, 7) is 0.514. The predicted octanol–water partition coefficient (Wildman–Crippen LogP) is -6.23. The molecule has 1 saturated heterocycles. The van der Waals surface area contributed by atoms with Crippen LogP contribution in [-0.4, -0.2) is 38.5 Å². The summed E-state index contributed by atoms with van der Waals surface area (Å²) in [5, 5.41) is 11.6. The van der Waals surface area contributed by atoms with Gasteiger partial charge in [-0.05, 0) is 0 Å². The van der Waals surface area contributed by atoms with Crippen LogP contribution in [-0.2, 0) is 28.7 Å². The molecule has 1 aliphatic heterocycles. The second-order valence-corrected chi connectivity index (χ2v) is 7.69. The number of allylic oxidation sites excluding steroid dienone is 8. The molecule has 0 amide bonds. The first kappa shape index (κ1) is 17.1. The van der Waals surface area contributed by atoms with E-state index < -0.39 is 0 Å². The Bertz CT molecular complexity index is 523. The van der Waals surface area contributed by atoms with Gasteiger partial charge >= 0.3 is 111 Å². The summed E-state index contributed by atoms with van der Waals surface area (Å²) in [5.41, 5.74) is 2.20. The van der Waals surface area contributed by atoms with E-state index >= 15 is 0 Å². The van der Waals surface area contributed by atoms with Gasteiger partial charge in [-0.3, -0.25) is 0 Å². The SMILES string of the molecule is O=C1C=CC=C2[C]([Ti+2][CH2]OCCO)=C3[SiH2]C3=C12.[Cl-].[Cl-]. The smallest absolute Gasteiger partial charge is 1.00 e. The van der Waals surface area contributed by atoms with E-state index in [4.69, 9.17) is 9.84 Å². The first-order chi connectivity index (χ1) is 8.33. The number of ether oxygens (including phenoxy) is 1. The standard InChI is InChI=1S/C9H5OSi.C3H7O2.2ClH.Ti/c10-6-3-1-2-5-4-7-9(11-7)8(5)6;1-5-3-2-4;;;/h1-3H,11H2;4H,1-3H2;2*1H;/q;;;;+2/p-2. The summed E-state index contributed by atoms with van der Waals surface area (Å²) >= 11 is -0.311. The third-order valence-corrected chi connectivity index (χ3v) is 7.39. The molecule has 0 aromatic rings. The van der Waals surface area contributed by atoms with Crippen molar-refractivity contribution in [2.24, 2.45) is 0 Å². The Morgan fingerprint density at radius 3 is 2.84 bits per heavy atom. The zero-order valence-corrected chi connectivity index (χ0v) is 14.6. The van der Waals surface area contributed by atoms with Gasteiger partial charge in [0, 0.05) is 0 Å². The summed E-state index contributed by atoms with van der Waals surface area (Å²) in [7, 11) is -0.203. The minimum Gasteiger partial charge on any atom is -1.00 e. The van der Waals surface area contributed by atoms with E-state index in [-0.39, 0.29) is 65.9 Å². The van der Waals surface area contributed by atoms with Crippen LogP contribution in [0.1, 0.15) is 0 Å². The monoisotopic (exact) mass is 350 g/mol. The van der Waals surface area contributed by atoms with Crippen molar-refractivity contribution in [3.8, 4) is 0 Å². The normalized spacial score (nSPS) is 19.4. The van der Waals surface area contributed by atoms with Crippen molar-refractivity contribution >= 4 is 15.3 Å². The Morgan fingerprint density at radius 2 is 2.11 bits per heavy atom. The molecule has 0 radical (unpaired) electrons. The van der Waals surface area contributed by atoms with Crippen molar-refractivity contribution in [1.82, 2.24) is 0 Å². The van der Waals surface area contributed by atoms with Gasteiger partial charge in [-0.2, -0.15) is 0 Å². The maximum absolute atomic E-state index is 11.8. The molecule has 0 spiro atoms. The van der Waals surface area contributed by atoms with Gasteiger partial charge in [0.25, 0.3) is 0 Å². The van der Waals surface area contributed by atoms with Gasteiger partial charge in [-0.1, -0.05) is 0 Å². The van der Waals surface area contributed by atoms with Gasteiger partial charge in [0.1, 0.15) is 0 Å². The molecule has 3 aliphatic rings. The predicted molar refractivity (Wildman–Crippen MR) is 62.7 cm³/mol. The molecule has 0 bridgehead atoms. The molecule has 0 aromatic heterocycles. The molecule has 19 heavy (non-hydrogen) atoms. The Morgan fingerprint density at radius 1 is 1.32 bits per heavy atom. The average molecular weight is 351 g/mol. The van der Waals surface area contributed by atoms with Crippen LogP contribution in [0.2, 0.25) is 0 Å². The fraction of sp³-hybridized carbons (Fsp3) is 0.250. The van der Waals surface area contributed by atoms with Crippen LogP contribution >= 0.6 is 0 Å². The van der Waals surface area contributed by atoms with Gasteiger partial charge in [0.05, 0.1) is 0 Å². The number of aliphatic hydroxyl groups excluding tert-OH is 1. The molecular weight excluding hydrogens is 339 g/mol. The average Bonchev–Trinajstić information content (AvgIpc) is 3.03. The molecule has 0 unspecified atom stereocenters. The van der Waals surface area contributed by atoms with Gasteiger partial charge in [0.2, 0.25) is 0 Å².